The average Bonchev–Trinajstić information content (AvgIpc) is 2.80. The van der Waals surface area contributed by atoms with E-state index in [0.29, 0.717) is 0 Å². The first-order valence-electron chi connectivity index (χ1n) is 8.79. The van der Waals surface area contributed by atoms with Crippen LogP contribution in [0.15, 0.2) is 91.0 Å². The Hall–Kier alpha value is -3.28. The zero-order chi connectivity index (χ0) is 20.9. The number of carbonyl (C=O) groups is 2. The normalized spacial score (nSPS) is 9.34. The van der Waals surface area contributed by atoms with Gasteiger partial charge in [-0.2, -0.15) is 0 Å². The molecule has 0 unspecified atom stereocenters. The van der Waals surface area contributed by atoms with Gasteiger partial charge in [0.2, 0.25) is 0 Å². The SMILES string of the molecule is COC(=O)C#CC(=O)OC.c1ccc([As](c2ccccc2)c2ccccc2)cc1. The van der Waals surface area contributed by atoms with E-state index in [1.807, 2.05) is 11.8 Å². The number of hydrogen-bond donors (Lipinski definition) is 0. The summed E-state index contributed by atoms with van der Waals surface area (Å²) < 4.78 is 12.7. The van der Waals surface area contributed by atoms with Gasteiger partial charge in [0.25, 0.3) is 0 Å². The third-order valence-corrected chi connectivity index (χ3v) is 8.81. The van der Waals surface area contributed by atoms with Crippen LogP contribution in [-0.2, 0) is 19.1 Å². The van der Waals surface area contributed by atoms with Crippen LogP contribution in [0.25, 0.3) is 0 Å². The van der Waals surface area contributed by atoms with Gasteiger partial charge in [-0.25, -0.2) is 9.59 Å². The van der Waals surface area contributed by atoms with E-state index < -0.39 is 26.6 Å². The van der Waals surface area contributed by atoms with Crippen LogP contribution in [0, 0.1) is 11.8 Å². The maximum atomic E-state index is 10.2. The zero-order valence-electron chi connectivity index (χ0n) is 16.2. The summed E-state index contributed by atoms with van der Waals surface area (Å²) in [5.41, 5.74) is 0. The second-order valence-corrected chi connectivity index (χ2v) is 10.2. The summed E-state index contributed by atoms with van der Waals surface area (Å²) in [6.07, 6.45) is 0. The van der Waals surface area contributed by atoms with E-state index >= 15 is 0 Å². The summed E-state index contributed by atoms with van der Waals surface area (Å²) in [4.78, 5) is 20.5. The first-order valence-corrected chi connectivity index (χ1v) is 11.6. The number of benzene rings is 3. The fraction of sp³-hybridized carbons (Fsp3) is 0.0833. The molecule has 0 saturated carbocycles. The van der Waals surface area contributed by atoms with Crippen LogP contribution in [0.5, 0.6) is 0 Å². The quantitative estimate of drug-likeness (QED) is 0.264. The number of rotatable bonds is 3. The monoisotopic (exact) mass is 448 g/mol. The predicted octanol–water partition coefficient (Wildman–Crippen LogP) is 1.54. The molecular weight excluding hydrogens is 427 g/mol. The number of esters is 2. The first kappa shape index (κ1) is 22.0. The minimum atomic E-state index is -1.39. The standard InChI is InChI=1S/C18H15As.C6H6O4/c1-4-10-16(11-5-1)19(17-12-6-2-7-13-17)18-14-8-3-9-15-18;1-9-5(7)3-4-6(8)10-2/h1-15H;1-2H3. The second-order valence-electron chi connectivity index (χ2n) is 5.58. The van der Waals surface area contributed by atoms with E-state index in [1.54, 1.807) is 0 Å². The van der Waals surface area contributed by atoms with Crippen molar-refractivity contribution in [1.29, 1.82) is 0 Å². The van der Waals surface area contributed by atoms with Crippen molar-refractivity contribution in [3.8, 4) is 11.8 Å². The van der Waals surface area contributed by atoms with Crippen LogP contribution in [0.3, 0.4) is 0 Å². The van der Waals surface area contributed by atoms with Gasteiger partial charge in [-0.1, -0.05) is 0 Å². The molecule has 0 N–H and O–H groups in total. The van der Waals surface area contributed by atoms with Crippen LogP contribution < -0.4 is 13.1 Å². The van der Waals surface area contributed by atoms with Gasteiger partial charge in [-0.15, -0.1) is 0 Å². The fourth-order valence-corrected chi connectivity index (χ4v) is 7.22. The van der Waals surface area contributed by atoms with Crippen molar-refractivity contribution in [2.75, 3.05) is 14.2 Å². The van der Waals surface area contributed by atoms with Crippen molar-refractivity contribution < 1.29 is 19.1 Å². The molecule has 0 amide bonds. The number of carbonyl (C=O) groups excluding carboxylic acids is 2. The Kier molecular flexibility index (Phi) is 9.28. The Morgan fingerprint density at radius 2 is 0.862 bits per heavy atom. The van der Waals surface area contributed by atoms with Crippen LogP contribution in [0.2, 0.25) is 0 Å². The maximum absolute atomic E-state index is 10.2. The van der Waals surface area contributed by atoms with Crippen LogP contribution in [-0.4, -0.2) is 40.8 Å². The molecule has 146 valence electrons. The molecule has 0 radical (unpaired) electrons. The second kappa shape index (κ2) is 12.2. The number of hydrogen-bond acceptors (Lipinski definition) is 4. The van der Waals surface area contributed by atoms with Crippen LogP contribution in [0.1, 0.15) is 0 Å². The molecule has 0 aliphatic rings. The zero-order valence-corrected chi connectivity index (χ0v) is 18.1. The van der Waals surface area contributed by atoms with Crippen molar-refractivity contribution in [2.24, 2.45) is 0 Å². The first-order chi connectivity index (χ1) is 14.2. The molecule has 3 aromatic rings. The van der Waals surface area contributed by atoms with Gasteiger partial charge in [0.05, 0.1) is 14.2 Å². The van der Waals surface area contributed by atoms with Crippen LogP contribution in [0.4, 0.5) is 0 Å². The molecule has 0 fully saturated rings. The molecule has 29 heavy (non-hydrogen) atoms. The summed E-state index contributed by atoms with van der Waals surface area (Å²) in [6, 6.07) is 32.7. The number of ether oxygens (including phenoxy) is 2. The molecule has 0 spiro atoms. The van der Waals surface area contributed by atoms with E-state index in [0.717, 1.165) is 0 Å². The summed E-state index contributed by atoms with van der Waals surface area (Å²) in [7, 11) is 2.35. The third-order valence-electron chi connectivity index (χ3n) is 3.68. The van der Waals surface area contributed by atoms with Gasteiger partial charge >= 0.3 is 131 Å². The van der Waals surface area contributed by atoms with Crippen molar-refractivity contribution in [1.82, 2.24) is 0 Å². The van der Waals surface area contributed by atoms with Crippen molar-refractivity contribution in [2.45, 2.75) is 0 Å². The molecule has 3 aromatic carbocycles. The number of methoxy groups -OCH3 is 2. The molecule has 4 nitrogen and oxygen atoms in total. The van der Waals surface area contributed by atoms with Gasteiger partial charge in [0.15, 0.2) is 0 Å². The molecule has 0 aromatic heterocycles. The van der Waals surface area contributed by atoms with E-state index in [4.69, 9.17) is 0 Å². The molecular formula is C24H21AsO4. The Balaban J connectivity index is 0.000000257. The summed E-state index contributed by atoms with van der Waals surface area (Å²) in [6.45, 7) is 0. The van der Waals surface area contributed by atoms with Crippen molar-refractivity contribution >= 4 is 39.6 Å². The van der Waals surface area contributed by atoms with Crippen LogP contribution >= 0.6 is 0 Å². The van der Waals surface area contributed by atoms with E-state index in [-0.39, 0.29) is 0 Å². The van der Waals surface area contributed by atoms with Gasteiger partial charge in [-0.3, -0.25) is 0 Å². The summed E-state index contributed by atoms with van der Waals surface area (Å²) in [5, 5.41) is 0. The topological polar surface area (TPSA) is 52.6 Å². The third kappa shape index (κ3) is 7.33. The molecule has 5 heteroatoms. The molecule has 0 atom stereocenters. The fourth-order valence-electron chi connectivity index (χ4n) is 2.38. The Morgan fingerprint density at radius 1 is 0.586 bits per heavy atom. The molecule has 0 saturated heterocycles. The predicted molar refractivity (Wildman–Crippen MR) is 116 cm³/mol. The minimum absolute atomic E-state index is 0.759. The summed E-state index contributed by atoms with van der Waals surface area (Å²) in [5.74, 6) is 2.28. The molecule has 0 bridgehead atoms. The Bertz CT molecular complexity index is 847. The Labute approximate surface area is 175 Å². The van der Waals surface area contributed by atoms with Gasteiger partial charge in [0, 0.05) is 11.8 Å². The van der Waals surface area contributed by atoms with Gasteiger partial charge in [0.1, 0.15) is 0 Å². The van der Waals surface area contributed by atoms with Crippen molar-refractivity contribution in [3.63, 3.8) is 0 Å². The molecule has 0 aliphatic heterocycles. The molecule has 0 aliphatic carbocycles. The van der Waals surface area contributed by atoms with Gasteiger partial charge in [-0.05, 0) is 0 Å². The average molecular weight is 448 g/mol. The van der Waals surface area contributed by atoms with E-state index in [2.05, 4.69) is 100 Å². The van der Waals surface area contributed by atoms with Gasteiger partial charge < -0.3 is 9.47 Å². The summed E-state index contributed by atoms with van der Waals surface area (Å²) >= 11 is -1.39. The van der Waals surface area contributed by atoms with E-state index in [1.165, 1.54) is 27.3 Å². The van der Waals surface area contributed by atoms with E-state index in [9.17, 15) is 9.59 Å². The molecule has 3 rings (SSSR count). The van der Waals surface area contributed by atoms with Crippen molar-refractivity contribution in [3.05, 3.63) is 91.0 Å². The Morgan fingerprint density at radius 3 is 1.10 bits per heavy atom. The molecule has 0 heterocycles.